The van der Waals surface area contributed by atoms with Gasteiger partial charge in [0.15, 0.2) is 0 Å². The zero-order valence-corrected chi connectivity index (χ0v) is 23.4. The van der Waals surface area contributed by atoms with Gasteiger partial charge in [0.1, 0.15) is 22.2 Å². The number of nitrogens with one attached hydrogen (secondary N) is 1. The largest absolute Gasteiger partial charge is 0.497 e. The van der Waals surface area contributed by atoms with E-state index in [9.17, 15) is 4.79 Å². The van der Waals surface area contributed by atoms with Crippen LogP contribution in [-0.4, -0.2) is 55.3 Å². The van der Waals surface area contributed by atoms with Gasteiger partial charge in [-0.15, -0.1) is 11.3 Å². The number of nitrogens with zero attached hydrogens (tertiary/aromatic N) is 3. The van der Waals surface area contributed by atoms with Crippen molar-refractivity contribution in [3.05, 3.63) is 88.1 Å². The fraction of sp³-hybridized carbons (Fsp3) is 0.300. The second-order valence-corrected chi connectivity index (χ2v) is 11.0. The lowest BCUT2D eigenvalue weighted by molar-refractivity contribution is 0.194. The molecule has 4 aromatic rings. The van der Waals surface area contributed by atoms with E-state index in [1.807, 2.05) is 46.6 Å². The molecular weight excluding hydrogens is 512 g/mol. The van der Waals surface area contributed by atoms with E-state index < -0.39 is 0 Å². The molecule has 1 N–H and O–H groups in total. The van der Waals surface area contributed by atoms with Gasteiger partial charge in [0.05, 0.1) is 45.3 Å². The van der Waals surface area contributed by atoms with Crippen LogP contribution in [0.25, 0.3) is 5.00 Å². The van der Waals surface area contributed by atoms with Crippen molar-refractivity contribution < 1.29 is 19.0 Å². The Kier molecular flexibility index (Phi) is 6.70. The smallest absolute Gasteiger partial charge is 0.323 e. The molecule has 2 aromatic carbocycles. The first-order chi connectivity index (χ1) is 19.0. The number of urea groups is 1. The van der Waals surface area contributed by atoms with Crippen molar-refractivity contribution in [1.29, 1.82) is 0 Å². The van der Waals surface area contributed by atoms with Crippen molar-refractivity contribution in [1.82, 2.24) is 14.4 Å². The SMILES string of the molecule is COc1ccc([C@H]2c3cccn3-c3sc4c(c3CN2C(=O)Nc2cc(OC)ccc2OC)CCN(C)C4)cc1. The van der Waals surface area contributed by atoms with Gasteiger partial charge in [-0.3, -0.25) is 0 Å². The van der Waals surface area contributed by atoms with Crippen LogP contribution in [0.2, 0.25) is 0 Å². The average Bonchev–Trinajstić information content (AvgIpc) is 3.54. The number of hydrogen-bond acceptors (Lipinski definition) is 6. The van der Waals surface area contributed by atoms with Gasteiger partial charge in [0.25, 0.3) is 0 Å². The van der Waals surface area contributed by atoms with Crippen LogP contribution in [0.15, 0.2) is 60.8 Å². The van der Waals surface area contributed by atoms with Crippen molar-refractivity contribution in [3.8, 4) is 22.2 Å². The van der Waals surface area contributed by atoms with Crippen LogP contribution in [0.3, 0.4) is 0 Å². The summed E-state index contributed by atoms with van der Waals surface area (Å²) >= 11 is 1.84. The summed E-state index contributed by atoms with van der Waals surface area (Å²) in [7, 11) is 7.02. The lowest BCUT2D eigenvalue weighted by Gasteiger charge is -2.32. The number of benzene rings is 2. The molecule has 202 valence electrons. The number of carbonyl (C=O) groups is 1. The number of fused-ring (bicyclic) bond motifs is 5. The normalized spacial score (nSPS) is 16.5. The van der Waals surface area contributed by atoms with Crippen LogP contribution < -0.4 is 19.5 Å². The standard InChI is InChI=1S/C30H32N4O4S/c1-32-15-13-22-23-17-34(30(35)31-24-16-21(37-3)11-12-26(24)38-4)28(19-7-9-20(36-2)10-8-19)25-6-5-14-33(25)29(23)39-27(22)18-32/h5-12,14,16,28H,13,15,17-18H2,1-4H3,(H,31,35)/t28-/m0/s1. The van der Waals surface area contributed by atoms with E-state index in [0.717, 1.165) is 36.5 Å². The van der Waals surface area contributed by atoms with Gasteiger partial charge in [-0.1, -0.05) is 12.1 Å². The molecule has 0 bridgehead atoms. The van der Waals surface area contributed by atoms with Gasteiger partial charge in [-0.25, -0.2) is 4.79 Å². The number of likely N-dealkylation sites (N-methyl/N-ethyl adjacent to an activating group) is 1. The Morgan fingerprint density at radius 1 is 0.949 bits per heavy atom. The summed E-state index contributed by atoms with van der Waals surface area (Å²) in [4.78, 5) is 19.9. The van der Waals surface area contributed by atoms with Crippen LogP contribution in [-0.2, 0) is 19.5 Å². The minimum Gasteiger partial charge on any atom is -0.497 e. The fourth-order valence-electron chi connectivity index (χ4n) is 5.59. The number of amides is 2. The Bertz CT molecular complexity index is 1510. The maximum atomic E-state index is 14.3. The molecular formula is C30H32N4O4S. The summed E-state index contributed by atoms with van der Waals surface area (Å²) in [5.74, 6) is 1.98. The molecule has 1 atom stereocenters. The van der Waals surface area contributed by atoms with E-state index in [1.54, 1.807) is 33.5 Å². The van der Waals surface area contributed by atoms with Gasteiger partial charge in [0, 0.05) is 35.8 Å². The summed E-state index contributed by atoms with van der Waals surface area (Å²) < 4.78 is 18.7. The Morgan fingerprint density at radius 3 is 2.46 bits per heavy atom. The first-order valence-corrected chi connectivity index (χ1v) is 13.8. The van der Waals surface area contributed by atoms with Gasteiger partial charge in [-0.2, -0.15) is 0 Å². The number of aromatic nitrogens is 1. The van der Waals surface area contributed by atoms with Crippen molar-refractivity contribution in [2.24, 2.45) is 0 Å². The molecule has 6 rings (SSSR count). The molecule has 2 aliphatic rings. The van der Waals surface area contributed by atoms with E-state index in [4.69, 9.17) is 14.2 Å². The molecule has 39 heavy (non-hydrogen) atoms. The lowest BCUT2D eigenvalue weighted by Crippen LogP contribution is -2.38. The fourth-order valence-corrected chi connectivity index (χ4v) is 7.03. The Balaban J connectivity index is 1.48. The van der Waals surface area contributed by atoms with Crippen LogP contribution in [0.1, 0.15) is 33.3 Å². The van der Waals surface area contributed by atoms with Crippen LogP contribution in [0.4, 0.5) is 10.5 Å². The monoisotopic (exact) mass is 544 g/mol. The minimum absolute atomic E-state index is 0.212. The zero-order valence-electron chi connectivity index (χ0n) is 22.6. The van der Waals surface area contributed by atoms with E-state index in [0.29, 0.717) is 23.7 Å². The number of thiophene rings is 1. The highest BCUT2D eigenvalue weighted by Crippen LogP contribution is 2.44. The Labute approximate surface area is 232 Å². The Hall–Kier alpha value is -3.95. The van der Waals surface area contributed by atoms with Crippen molar-refractivity contribution in [2.45, 2.75) is 25.6 Å². The van der Waals surface area contributed by atoms with Crippen molar-refractivity contribution in [2.75, 3.05) is 40.2 Å². The van der Waals surface area contributed by atoms with E-state index in [-0.39, 0.29) is 12.1 Å². The first-order valence-electron chi connectivity index (χ1n) is 12.9. The molecule has 0 unspecified atom stereocenters. The highest BCUT2D eigenvalue weighted by Gasteiger charge is 2.36. The molecule has 8 nitrogen and oxygen atoms in total. The third-order valence-corrected chi connectivity index (χ3v) is 8.85. The predicted octanol–water partition coefficient (Wildman–Crippen LogP) is 5.69. The van der Waals surface area contributed by atoms with E-state index in [2.05, 4.69) is 40.2 Å². The van der Waals surface area contributed by atoms with Gasteiger partial charge >= 0.3 is 6.03 Å². The quantitative estimate of drug-likeness (QED) is 0.350. The lowest BCUT2D eigenvalue weighted by atomic mass is 10.00. The number of ether oxygens (including phenoxy) is 3. The molecule has 0 saturated heterocycles. The molecule has 0 spiro atoms. The summed E-state index contributed by atoms with van der Waals surface area (Å²) in [6, 6.07) is 17.0. The number of carbonyl (C=O) groups excluding carboxylic acids is 1. The number of hydrogen-bond donors (Lipinski definition) is 1. The van der Waals surface area contributed by atoms with Crippen LogP contribution in [0, 0.1) is 0 Å². The van der Waals surface area contributed by atoms with E-state index >= 15 is 0 Å². The average molecular weight is 545 g/mol. The maximum Gasteiger partial charge on any atom is 0.323 e. The van der Waals surface area contributed by atoms with Gasteiger partial charge < -0.3 is 33.9 Å². The molecule has 0 aliphatic carbocycles. The molecule has 9 heteroatoms. The summed E-state index contributed by atoms with van der Waals surface area (Å²) in [5, 5.41) is 4.33. The topological polar surface area (TPSA) is 68.2 Å². The molecule has 2 aliphatic heterocycles. The number of anilines is 1. The number of rotatable bonds is 5. The van der Waals surface area contributed by atoms with Gasteiger partial charge in [0.2, 0.25) is 0 Å². The molecule has 4 heterocycles. The van der Waals surface area contributed by atoms with Crippen molar-refractivity contribution >= 4 is 23.1 Å². The third-order valence-electron chi connectivity index (χ3n) is 7.60. The molecule has 2 aromatic heterocycles. The van der Waals surface area contributed by atoms with Crippen LogP contribution in [0.5, 0.6) is 17.2 Å². The summed E-state index contributed by atoms with van der Waals surface area (Å²) in [6.45, 7) is 2.42. The zero-order chi connectivity index (χ0) is 27.1. The second-order valence-electron chi connectivity index (χ2n) is 9.88. The van der Waals surface area contributed by atoms with Crippen LogP contribution >= 0.6 is 11.3 Å². The molecule has 2 amide bonds. The number of methoxy groups -OCH3 is 3. The summed E-state index contributed by atoms with van der Waals surface area (Å²) in [6.07, 6.45) is 3.09. The minimum atomic E-state index is -0.316. The Morgan fingerprint density at radius 2 is 1.72 bits per heavy atom. The predicted molar refractivity (Wildman–Crippen MR) is 153 cm³/mol. The second kappa shape index (κ2) is 10.3. The molecule has 0 saturated carbocycles. The molecule has 0 fully saturated rings. The third kappa shape index (κ3) is 4.51. The highest BCUT2D eigenvalue weighted by atomic mass is 32.1. The molecule has 0 radical (unpaired) electrons. The summed E-state index contributed by atoms with van der Waals surface area (Å²) in [5.41, 5.74) is 5.21. The van der Waals surface area contributed by atoms with Crippen molar-refractivity contribution in [3.63, 3.8) is 0 Å². The highest BCUT2D eigenvalue weighted by molar-refractivity contribution is 7.15. The van der Waals surface area contributed by atoms with Gasteiger partial charge in [-0.05, 0) is 61.0 Å². The van der Waals surface area contributed by atoms with E-state index in [1.165, 1.54) is 21.0 Å². The first kappa shape index (κ1) is 25.3. The maximum absolute atomic E-state index is 14.3.